The van der Waals surface area contributed by atoms with Crippen molar-refractivity contribution in [3.8, 4) is 6.01 Å². The third-order valence-corrected chi connectivity index (χ3v) is 4.79. The van der Waals surface area contributed by atoms with Crippen LogP contribution in [0, 0.1) is 0 Å². The second-order valence-electron chi connectivity index (χ2n) is 6.63. The summed E-state index contributed by atoms with van der Waals surface area (Å²) in [6, 6.07) is 10.2. The lowest BCUT2D eigenvalue weighted by molar-refractivity contribution is 0.0511. The average molecular weight is 350 g/mol. The van der Waals surface area contributed by atoms with E-state index in [-0.39, 0.29) is 12.0 Å². The summed E-state index contributed by atoms with van der Waals surface area (Å²) in [7, 11) is 0. The van der Waals surface area contributed by atoms with Gasteiger partial charge in [0, 0.05) is 29.8 Å². The van der Waals surface area contributed by atoms with E-state index >= 15 is 0 Å². The minimum Gasteiger partial charge on any atom is -0.458 e. The third kappa shape index (κ3) is 3.40. The highest BCUT2D eigenvalue weighted by Crippen LogP contribution is 2.20. The van der Waals surface area contributed by atoms with E-state index in [1.54, 1.807) is 12.4 Å². The average Bonchev–Trinajstić information content (AvgIpc) is 3.12. The molecular formula is C20H22N4O2. The van der Waals surface area contributed by atoms with Crippen molar-refractivity contribution in [1.82, 2.24) is 19.9 Å². The fraction of sp³-hybridized carbons (Fsp3) is 0.350. The van der Waals surface area contributed by atoms with Crippen LogP contribution < -0.4 is 4.74 Å². The lowest BCUT2D eigenvalue weighted by Gasteiger charge is -2.32. The van der Waals surface area contributed by atoms with Crippen LogP contribution in [0.2, 0.25) is 0 Å². The Morgan fingerprint density at radius 3 is 2.88 bits per heavy atom. The second kappa shape index (κ2) is 7.15. The van der Waals surface area contributed by atoms with Gasteiger partial charge in [0.25, 0.3) is 5.91 Å². The van der Waals surface area contributed by atoms with Gasteiger partial charge < -0.3 is 14.6 Å². The Morgan fingerprint density at radius 1 is 1.31 bits per heavy atom. The molecule has 1 aliphatic rings. The zero-order valence-electron chi connectivity index (χ0n) is 14.8. The fourth-order valence-electron chi connectivity index (χ4n) is 3.31. The van der Waals surface area contributed by atoms with Crippen LogP contribution in [0.25, 0.3) is 10.9 Å². The molecule has 1 unspecified atom stereocenters. The standard InChI is InChI=1S/C20H22N4O2/c1-2-14-11-21-20(22-12-14)26-16-7-5-9-24(13-16)19(25)18-10-15-6-3-4-8-17(15)23-18/h3-4,6,8,10-12,16,23H,2,5,7,9,13H2,1H3. The van der Waals surface area contributed by atoms with E-state index in [2.05, 4.69) is 21.9 Å². The molecule has 0 spiro atoms. The van der Waals surface area contributed by atoms with Gasteiger partial charge >= 0.3 is 6.01 Å². The minimum atomic E-state index is -0.0791. The number of aromatic nitrogens is 3. The summed E-state index contributed by atoms with van der Waals surface area (Å²) in [5.74, 6) is 0.0109. The highest BCUT2D eigenvalue weighted by Gasteiger charge is 2.27. The number of para-hydroxylation sites is 1. The molecule has 1 N–H and O–H groups in total. The van der Waals surface area contributed by atoms with Gasteiger partial charge in [0.1, 0.15) is 11.8 Å². The van der Waals surface area contributed by atoms with Gasteiger partial charge in [-0.25, -0.2) is 9.97 Å². The molecule has 6 nitrogen and oxygen atoms in total. The van der Waals surface area contributed by atoms with E-state index in [0.717, 1.165) is 42.3 Å². The topological polar surface area (TPSA) is 71.1 Å². The van der Waals surface area contributed by atoms with Crippen molar-refractivity contribution < 1.29 is 9.53 Å². The van der Waals surface area contributed by atoms with Gasteiger partial charge in [-0.1, -0.05) is 25.1 Å². The molecule has 1 fully saturated rings. The zero-order valence-corrected chi connectivity index (χ0v) is 14.8. The Bertz CT molecular complexity index is 871. The van der Waals surface area contributed by atoms with E-state index in [0.29, 0.717) is 18.2 Å². The number of nitrogens with one attached hydrogen (secondary N) is 1. The summed E-state index contributed by atoms with van der Waals surface area (Å²) in [6.07, 6.45) is 6.21. The molecule has 0 aliphatic carbocycles. The van der Waals surface area contributed by atoms with Crippen molar-refractivity contribution in [2.45, 2.75) is 32.3 Å². The summed E-state index contributed by atoms with van der Waals surface area (Å²) in [5, 5.41) is 1.05. The predicted molar refractivity (Wildman–Crippen MR) is 99.3 cm³/mol. The number of hydrogen-bond acceptors (Lipinski definition) is 4. The molecule has 3 aromatic rings. The number of likely N-dealkylation sites (tertiary alicyclic amines) is 1. The van der Waals surface area contributed by atoms with Crippen molar-refractivity contribution in [3.63, 3.8) is 0 Å². The molecule has 3 heterocycles. The normalized spacial score (nSPS) is 17.4. The number of benzene rings is 1. The molecular weight excluding hydrogens is 328 g/mol. The molecule has 1 aromatic carbocycles. The number of aromatic amines is 1. The molecule has 6 heteroatoms. The number of aryl methyl sites for hydroxylation is 1. The number of piperidine rings is 1. The van der Waals surface area contributed by atoms with Gasteiger partial charge in [-0.2, -0.15) is 0 Å². The number of fused-ring (bicyclic) bond motifs is 1. The third-order valence-electron chi connectivity index (χ3n) is 4.79. The molecule has 1 atom stereocenters. The predicted octanol–water partition coefficient (Wildman–Crippen LogP) is 3.20. The van der Waals surface area contributed by atoms with Crippen molar-refractivity contribution in [3.05, 3.63) is 54.0 Å². The summed E-state index contributed by atoms with van der Waals surface area (Å²) in [5.41, 5.74) is 2.68. The number of rotatable bonds is 4. The Morgan fingerprint density at radius 2 is 2.12 bits per heavy atom. The van der Waals surface area contributed by atoms with E-state index < -0.39 is 0 Å². The van der Waals surface area contributed by atoms with Crippen LogP contribution in [0.5, 0.6) is 6.01 Å². The first-order chi connectivity index (χ1) is 12.7. The molecule has 134 valence electrons. The number of ether oxygens (including phenoxy) is 1. The lowest BCUT2D eigenvalue weighted by Crippen LogP contribution is -2.44. The molecule has 26 heavy (non-hydrogen) atoms. The van der Waals surface area contributed by atoms with E-state index in [1.807, 2.05) is 35.2 Å². The first kappa shape index (κ1) is 16.6. The molecule has 0 radical (unpaired) electrons. The van der Waals surface area contributed by atoms with Gasteiger partial charge in [0.15, 0.2) is 0 Å². The van der Waals surface area contributed by atoms with Gasteiger partial charge in [-0.3, -0.25) is 4.79 Å². The van der Waals surface area contributed by atoms with Crippen molar-refractivity contribution >= 4 is 16.8 Å². The van der Waals surface area contributed by atoms with E-state index in [9.17, 15) is 4.79 Å². The van der Waals surface area contributed by atoms with Gasteiger partial charge in [-0.05, 0) is 37.0 Å². The van der Waals surface area contributed by atoms with E-state index in [4.69, 9.17) is 4.74 Å². The molecule has 1 aliphatic heterocycles. The molecule has 0 saturated carbocycles. The Balaban J connectivity index is 1.44. The zero-order chi connectivity index (χ0) is 17.9. The van der Waals surface area contributed by atoms with Crippen molar-refractivity contribution in [2.75, 3.05) is 13.1 Å². The van der Waals surface area contributed by atoms with Crippen LogP contribution in [0.4, 0.5) is 0 Å². The monoisotopic (exact) mass is 350 g/mol. The maximum absolute atomic E-state index is 12.9. The maximum atomic E-state index is 12.9. The smallest absolute Gasteiger partial charge is 0.316 e. The number of carbonyl (C=O) groups excluding carboxylic acids is 1. The quantitative estimate of drug-likeness (QED) is 0.784. The molecule has 1 saturated heterocycles. The summed E-state index contributed by atoms with van der Waals surface area (Å²) in [6.45, 7) is 3.35. The Labute approximate surface area is 152 Å². The molecule has 1 amide bonds. The molecule has 4 rings (SSSR count). The molecule has 2 aromatic heterocycles. The van der Waals surface area contributed by atoms with Crippen molar-refractivity contribution in [2.24, 2.45) is 0 Å². The number of nitrogens with zero attached hydrogens (tertiary/aromatic N) is 3. The fourth-order valence-corrected chi connectivity index (χ4v) is 3.31. The van der Waals surface area contributed by atoms with Crippen LogP contribution in [0.3, 0.4) is 0 Å². The highest BCUT2D eigenvalue weighted by atomic mass is 16.5. The molecule has 0 bridgehead atoms. The van der Waals surface area contributed by atoms with Crippen LogP contribution in [0.15, 0.2) is 42.7 Å². The first-order valence-corrected chi connectivity index (χ1v) is 9.07. The minimum absolute atomic E-state index is 0.0109. The Kier molecular flexibility index (Phi) is 4.56. The van der Waals surface area contributed by atoms with Gasteiger partial charge in [0.2, 0.25) is 0 Å². The SMILES string of the molecule is CCc1cnc(OC2CCCN(C(=O)c3cc4ccccc4[nH]3)C2)nc1. The number of hydrogen-bond donors (Lipinski definition) is 1. The van der Waals surface area contributed by atoms with Gasteiger partial charge in [-0.15, -0.1) is 0 Å². The number of amides is 1. The number of carbonyl (C=O) groups is 1. The van der Waals surface area contributed by atoms with Crippen LogP contribution in [0.1, 0.15) is 35.8 Å². The second-order valence-corrected chi connectivity index (χ2v) is 6.63. The number of H-pyrrole nitrogens is 1. The van der Waals surface area contributed by atoms with Gasteiger partial charge in [0.05, 0.1) is 6.54 Å². The van der Waals surface area contributed by atoms with Crippen LogP contribution in [-0.2, 0) is 6.42 Å². The summed E-state index contributed by atoms with van der Waals surface area (Å²) >= 11 is 0. The van der Waals surface area contributed by atoms with Crippen LogP contribution >= 0.6 is 0 Å². The highest BCUT2D eigenvalue weighted by molar-refractivity contribution is 5.98. The summed E-state index contributed by atoms with van der Waals surface area (Å²) in [4.78, 5) is 26.4. The first-order valence-electron chi connectivity index (χ1n) is 9.07. The lowest BCUT2D eigenvalue weighted by atomic mass is 10.1. The summed E-state index contributed by atoms with van der Waals surface area (Å²) < 4.78 is 5.90. The van der Waals surface area contributed by atoms with Crippen molar-refractivity contribution in [1.29, 1.82) is 0 Å². The van der Waals surface area contributed by atoms with E-state index in [1.165, 1.54) is 0 Å². The largest absolute Gasteiger partial charge is 0.458 e. The van der Waals surface area contributed by atoms with Crippen LogP contribution in [-0.4, -0.2) is 45.0 Å². The Hall–Kier alpha value is -2.89. The maximum Gasteiger partial charge on any atom is 0.316 e.